The molecule has 1 aromatic rings. The van der Waals surface area contributed by atoms with Crippen molar-refractivity contribution in [2.45, 2.75) is 6.92 Å². The number of hydrazone groups is 1. The van der Waals surface area contributed by atoms with Crippen molar-refractivity contribution in [3.8, 4) is 0 Å². The van der Waals surface area contributed by atoms with Crippen molar-refractivity contribution in [3.05, 3.63) is 29.3 Å². The lowest BCUT2D eigenvalue weighted by molar-refractivity contribution is -0.121. The summed E-state index contributed by atoms with van der Waals surface area (Å²) in [7, 11) is 1.78. The lowest BCUT2D eigenvalue weighted by atomic mass is 10.1. The van der Waals surface area contributed by atoms with Crippen LogP contribution in [0.3, 0.4) is 0 Å². The molecular formula is C12H14ClN3O. The second-order valence-corrected chi connectivity index (χ2v) is 4.64. The number of halogens is 1. The van der Waals surface area contributed by atoms with Crippen molar-refractivity contribution in [2.24, 2.45) is 11.0 Å². The van der Waals surface area contributed by atoms with Crippen LogP contribution >= 0.6 is 11.6 Å². The largest absolute Gasteiger partial charge is 0.340 e. The Labute approximate surface area is 105 Å². The summed E-state index contributed by atoms with van der Waals surface area (Å²) >= 11 is 5.78. The fraction of sp³-hybridized carbons (Fsp3) is 0.333. The number of hydrogen-bond acceptors (Lipinski definition) is 3. The highest BCUT2D eigenvalue weighted by atomic mass is 35.5. The average Bonchev–Trinajstić information content (AvgIpc) is 2.54. The molecule has 1 heterocycles. The summed E-state index contributed by atoms with van der Waals surface area (Å²) in [5.41, 5.74) is 4.26. The van der Waals surface area contributed by atoms with Crippen molar-refractivity contribution in [1.82, 2.24) is 4.90 Å². The van der Waals surface area contributed by atoms with Crippen molar-refractivity contribution in [3.63, 3.8) is 0 Å². The SMILES string of the molecule is C[C@@H]1CN(C)C(=O)/C1=N/Nc1ccc(Cl)cc1. The van der Waals surface area contributed by atoms with Crippen LogP contribution in [0, 0.1) is 5.92 Å². The molecule has 1 amide bonds. The molecule has 1 aromatic carbocycles. The number of rotatable bonds is 2. The van der Waals surface area contributed by atoms with Gasteiger partial charge in [-0.2, -0.15) is 5.10 Å². The normalized spacial score (nSPS) is 22.3. The Hall–Kier alpha value is -1.55. The van der Waals surface area contributed by atoms with Gasteiger partial charge in [-0.3, -0.25) is 10.2 Å². The summed E-state index contributed by atoms with van der Waals surface area (Å²) in [5, 5.41) is 4.84. The first kappa shape index (κ1) is 11.9. The van der Waals surface area contributed by atoms with E-state index in [0.29, 0.717) is 10.7 Å². The second-order valence-electron chi connectivity index (χ2n) is 4.20. The van der Waals surface area contributed by atoms with E-state index in [0.717, 1.165) is 12.2 Å². The summed E-state index contributed by atoms with van der Waals surface area (Å²) in [6.45, 7) is 2.71. The zero-order chi connectivity index (χ0) is 12.4. The van der Waals surface area contributed by atoms with Gasteiger partial charge in [-0.15, -0.1) is 0 Å². The zero-order valence-corrected chi connectivity index (χ0v) is 10.5. The van der Waals surface area contributed by atoms with Crippen molar-refractivity contribution >= 4 is 28.9 Å². The summed E-state index contributed by atoms with van der Waals surface area (Å²) in [4.78, 5) is 13.4. The number of hydrogen-bond donors (Lipinski definition) is 1. The van der Waals surface area contributed by atoms with Gasteiger partial charge >= 0.3 is 0 Å². The maximum absolute atomic E-state index is 11.7. The van der Waals surface area contributed by atoms with Crippen LogP contribution in [0.1, 0.15) is 6.92 Å². The van der Waals surface area contributed by atoms with Gasteiger partial charge in [-0.25, -0.2) is 0 Å². The molecule has 17 heavy (non-hydrogen) atoms. The lowest BCUT2D eigenvalue weighted by Gasteiger charge is -2.04. The van der Waals surface area contributed by atoms with Crippen molar-refractivity contribution < 1.29 is 4.79 Å². The third kappa shape index (κ3) is 2.58. The molecule has 4 nitrogen and oxygen atoms in total. The van der Waals surface area contributed by atoms with E-state index < -0.39 is 0 Å². The van der Waals surface area contributed by atoms with Crippen molar-refractivity contribution in [1.29, 1.82) is 0 Å². The van der Waals surface area contributed by atoms with Crippen LogP contribution < -0.4 is 5.43 Å². The van der Waals surface area contributed by atoms with Crippen LogP contribution in [0.2, 0.25) is 5.02 Å². The summed E-state index contributed by atoms with van der Waals surface area (Å²) < 4.78 is 0. The van der Waals surface area contributed by atoms with Crippen LogP contribution in [0.25, 0.3) is 0 Å². The quantitative estimate of drug-likeness (QED) is 0.820. The molecule has 5 heteroatoms. The molecule has 2 rings (SSSR count). The summed E-state index contributed by atoms with van der Waals surface area (Å²) in [5.74, 6) is 0.145. The molecule has 0 aromatic heterocycles. The van der Waals surface area contributed by atoms with E-state index in [2.05, 4.69) is 10.5 Å². The second kappa shape index (κ2) is 4.75. The van der Waals surface area contributed by atoms with Gasteiger partial charge in [0.2, 0.25) is 0 Å². The third-order valence-electron chi connectivity index (χ3n) is 2.73. The Morgan fingerprint density at radius 3 is 2.59 bits per heavy atom. The molecule has 0 aliphatic carbocycles. The van der Waals surface area contributed by atoms with E-state index in [1.54, 1.807) is 24.1 Å². The lowest BCUT2D eigenvalue weighted by Crippen LogP contribution is -2.23. The Morgan fingerprint density at radius 2 is 2.06 bits per heavy atom. The monoisotopic (exact) mass is 251 g/mol. The predicted molar refractivity (Wildman–Crippen MR) is 69.3 cm³/mol. The fourth-order valence-electron chi connectivity index (χ4n) is 1.79. The molecule has 90 valence electrons. The Bertz CT molecular complexity index is 455. The average molecular weight is 252 g/mol. The van der Waals surface area contributed by atoms with Gasteiger partial charge in [-0.05, 0) is 24.3 Å². The smallest absolute Gasteiger partial charge is 0.270 e. The van der Waals surface area contributed by atoms with E-state index in [1.807, 2.05) is 19.1 Å². The Kier molecular flexibility index (Phi) is 3.33. The van der Waals surface area contributed by atoms with Gasteiger partial charge in [0.25, 0.3) is 5.91 Å². The van der Waals surface area contributed by atoms with E-state index >= 15 is 0 Å². The Morgan fingerprint density at radius 1 is 1.41 bits per heavy atom. The number of benzene rings is 1. The van der Waals surface area contributed by atoms with Gasteiger partial charge in [0, 0.05) is 24.5 Å². The molecule has 0 bridgehead atoms. The topological polar surface area (TPSA) is 44.7 Å². The van der Waals surface area contributed by atoms with Gasteiger partial charge in [0.05, 0.1) is 5.69 Å². The molecule has 1 fully saturated rings. The maximum atomic E-state index is 11.7. The number of likely N-dealkylation sites (tertiary alicyclic amines) is 1. The van der Waals surface area contributed by atoms with Crippen LogP contribution in [0.15, 0.2) is 29.4 Å². The van der Waals surface area contributed by atoms with Crippen LogP contribution in [0.4, 0.5) is 5.69 Å². The number of amides is 1. The molecule has 0 saturated carbocycles. The highest BCUT2D eigenvalue weighted by molar-refractivity contribution is 6.41. The summed E-state index contributed by atoms with van der Waals surface area (Å²) in [6, 6.07) is 7.19. The van der Waals surface area contributed by atoms with Gasteiger partial charge in [0.1, 0.15) is 5.71 Å². The van der Waals surface area contributed by atoms with E-state index in [9.17, 15) is 4.79 Å². The maximum Gasteiger partial charge on any atom is 0.270 e. The number of nitrogens with one attached hydrogen (secondary N) is 1. The van der Waals surface area contributed by atoms with E-state index in [-0.39, 0.29) is 11.8 Å². The molecular weight excluding hydrogens is 238 g/mol. The molecule has 1 atom stereocenters. The highest BCUT2D eigenvalue weighted by Gasteiger charge is 2.31. The van der Waals surface area contributed by atoms with Gasteiger partial charge < -0.3 is 4.90 Å². The minimum absolute atomic E-state index is 0.0148. The first-order valence-electron chi connectivity index (χ1n) is 5.42. The van der Waals surface area contributed by atoms with E-state index in [1.165, 1.54) is 0 Å². The first-order chi connectivity index (χ1) is 8.08. The van der Waals surface area contributed by atoms with Crippen LogP contribution in [-0.4, -0.2) is 30.1 Å². The molecule has 1 N–H and O–H groups in total. The van der Waals surface area contributed by atoms with Gasteiger partial charge in [0.15, 0.2) is 0 Å². The number of anilines is 1. The predicted octanol–water partition coefficient (Wildman–Crippen LogP) is 2.22. The van der Waals surface area contributed by atoms with Crippen LogP contribution in [0.5, 0.6) is 0 Å². The number of nitrogens with zero attached hydrogens (tertiary/aromatic N) is 2. The molecule has 1 aliphatic heterocycles. The van der Waals surface area contributed by atoms with Crippen molar-refractivity contribution in [2.75, 3.05) is 19.0 Å². The van der Waals surface area contributed by atoms with Crippen LogP contribution in [-0.2, 0) is 4.79 Å². The summed E-state index contributed by atoms with van der Waals surface area (Å²) in [6.07, 6.45) is 0. The Balaban J connectivity index is 2.10. The minimum atomic E-state index is -0.0148. The molecule has 0 radical (unpaired) electrons. The minimum Gasteiger partial charge on any atom is -0.340 e. The molecule has 1 aliphatic rings. The molecule has 0 spiro atoms. The van der Waals surface area contributed by atoms with Gasteiger partial charge in [-0.1, -0.05) is 18.5 Å². The third-order valence-corrected chi connectivity index (χ3v) is 2.98. The molecule has 0 unspecified atom stereocenters. The molecule has 1 saturated heterocycles. The standard InChI is InChI=1S/C12H14ClN3O/c1-8-7-16(2)12(17)11(8)15-14-10-5-3-9(13)4-6-10/h3-6,8,14H,7H2,1-2H3/b15-11+/t8-/m1/s1. The highest BCUT2D eigenvalue weighted by Crippen LogP contribution is 2.16. The zero-order valence-electron chi connectivity index (χ0n) is 9.77. The fourth-order valence-corrected chi connectivity index (χ4v) is 1.92. The first-order valence-corrected chi connectivity index (χ1v) is 5.80. The number of carbonyl (C=O) groups excluding carboxylic acids is 1. The van der Waals surface area contributed by atoms with E-state index in [4.69, 9.17) is 11.6 Å². The number of carbonyl (C=O) groups is 1.